The summed E-state index contributed by atoms with van der Waals surface area (Å²) in [5, 5.41) is 26.2. The van der Waals surface area contributed by atoms with Crippen molar-refractivity contribution in [2.75, 3.05) is 37.7 Å². The van der Waals surface area contributed by atoms with Crippen LogP contribution in [0.5, 0.6) is 0 Å². The Labute approximate surface area is 202 Å². The molecular formula is C19H22N8O5S2. The molecule has 0 saturated carbocycles. The first kappa shape index (κ1) is 22.6. The molecule has 0 radical (unpaired) electrons. The van der Waals surface area contributed by atoms with E-state index in [1.165, 1.54) is 22.5 Å². The second-order valence-corrected chi connectivity index (χ2v) is 10.2. The van der Waals surface area contributed by atoms with E-state index in [4.69, 9.17) is 5.73 Å². The predicted molar refractivity (Wildman–Crippen MR) is 120 cm³/mol. The van der Waals surface area contributed by atoms with Crippen LogP contribution in [-0.2, 0) is 14.4 Å². The second kappa shape index (κ2) is 8.87. The third-order valence-corrected chi connectivity index (χ3v) is 8.17. The average molecular weight is 507 g/mol. The summed E-state index contributed by atoms with van der Waals surface area (Å²) >= 11 is 2.19. The van der Waals surface area contributed by atoms with Crippen molar-refractivity contribution in [1.29, 1.82) is 0 Å². The van der Waals surface area contributed by atoms with E-state index in [9.17, 15) is 24.7 Å². The van der Waals surface area contributed by atoms with Gasteiger partial charge in [0.25, 0.3) is 11.8 Å². The molecule has 0 unspecified atom stereocenters. The highest BCUT2D eigenvalue weighted by atomic mass is 32.2. The molecule has 0 aromatic carbocycles. The highest BCUT2D eigenvalue weighted by Gasteiger charge is 2.53. The van der Waals surface area contributed by atoms with Gasteiger partial charge < -0.3 is 26.2 Å². The molecule has 0 aliphatic carbocycles. The van der Waals surface area contributed by atoms with E-state index in [1.807, 2.05) is 0 Å². The lowest BCUT2D eigenvalue weighted by Gasteiger charge is -2.50. The summed E-state index contributed by atoms with van der Waals surface area (Å²) in [4.78, 5) is 44.8. The zero-order chi connectivity index (χ0) is 24.0. The van der Waals surface area contributed by atoms with E-state index >= 15 is 0 Å². The van der Waals surface area contributed by atoms with Crippen LogP contribution in [0.25, 0.3) is 0 Å². The lowest BCUT2D eigenvalue weighted by molar-refractivity contribution is -0.529. The third kappa shape index (κ3) is 3.77. The summed E-state index contributed by atoms with van der Waals surface area (Å²) in [6.07, 6.45) is 3.05. The summed E-state index contributed by atoms with van der Waals surface area (Å²) < 4.78 is 6.17. The van der Waals surface area contributed by atoms with E-state index < -0.39 is 34.9 Å². The van der Waals surface area contributed by atoms with Gasteiger partial charge >= 0.3 is 0 Å². The number of amides is 2. The number of thioether (sulfide) groups is 1. The normalized spacial score (nSPS) is 24.7. The maximum Gasteiger partial charge on any atom is 0.278 e. The van der Waals surface area contributed by atoms with Crippen molar-refractivity contribution >= 4 is 57.8 Å². The van der Waals surface area contributed by atoms with Crippen LogP contribution in [0.4, 0.5) is 5.13 Å². The van der Waals surface area contributed by atoms with Crippen LogP contribution >= 0.6 is 23.3 Å². The molecule has 2 atom stereocenters. The van der Waals surface area contributed by atoms with Gasteiger partial charge in [-0.2, -0.15) is 9.36 Å². The molecule has 4 aliphatic rings. The highest BCUT2D eigenvalue weighted by molar-refractivity contribution is 8.00. The molecule has 1 saturated heterocycles. The molecule has 13 nitrogen and oxygen atoms in total. The Morgan fingerprint density at radius 2 is 2.15 bits per heavy atom. The minimum Gasteiger partial charge on any atom is -0.543 e. The first-order valence-electron chi connectivity index (χ1n) is 10.7. The number of fused-ring (bicyclic) bond motifs is 1. The Kier molecular flexibility index (Phi) is 5.89. The molecule has 0 spiro atoms. The number of oxime groups is 1. The molecule has 4 N–H and O–H groups in total. The van der Waals surface area contributed by atoms with Gasteiger partial charge in [-0.15, -0.1) is 11.8 Å². The SMILES string of the molecule is Nc1nc(/C(=N/O)C(=O)N[C@@H]2C(=O)N3C(C(=O)[O-])=C(CN4CCC[N+]5=C4CCC5)CS[C@H]23)ns1. The fraction of sp³-hybridized carbons (Fsp3) is 0.526. The molecule has 1 aromatic rings. The number of carbonyl (C=O) groups is 3. The number of β-lactam (4-membered cyclic amide) rings is 1. The Balaban J connectivity index is 1.33. The molecule has 5 heterocycles. The average Bonchev–Trinajstić information content (AvgIpc) is 3.47. The van der Waals surface area contributed by atoms with E-state index in [1.54, 1.807) is 0 Å². The monoisotopic (exact) mass is 506 g/mol. The highest BCUT2D eigenvalue weighted by Crippen LogP contribution is 2.40. The lowest BCUT2D eigenvalue weighted by atomic mass is 10.0. The molecule has 34 heavy (non-hydrogen) atoms. The number of amidine groups is 1. The van der Waals surface area contributed by atoms with Gasteiger partial charge in [-0.1, -0.05) is 5.16 Å². The third-order valence-electron chi connectivity index (χ3n) is 6.29. The Morgan fingerprint density at radius 1 is 1.35 bits per heavy atom. The van der Waals surface area contributed by atoms with E-state index in [0.717, 1.165) is 50.4 Å². The number of nitrogens with zero attached hydrogens (tertiary/aromatic N) is 6. The largest absolute Gasteiger partial charge is 0.543 e. The molecule has 1 aromatic heterocycles. The number of carboxylic acid groups (broad SMARTS) is 1. The van der Waals surface area contributed by atoms with Crippen LogP contribution in [0, 0.1) is 0 Å². The van der Waals surface area contributed by atoms with Gasteiger partial charge in [0.1, 0.15) is 18.0 Å². The maximum atomic E-state index is 12.9. The predicted octanol–water partition coefficient (Wildman–Crippen LogP) is -2.39. The number of carboxylic acids is 1. The van der Waals surface area contributed by atoms with Gasteiger partial charge in [0.2, 0.25) is 17.4 Å². The standard InChI is InChI=1S/C19H22N8O5S2/c20-19-22-14(24-34-19)11(23-32)15(28)21-12-16(29)27-13(18(30)31)9(8-33-17(12)27)7-26-6-2-5-25-4-1-3-10(25)26/h12,17H,1-8H2,(H4-,20,21,22,24,28,30,31,32)/t12-,17-/m1/s1. The number of nitrogen functional groups attached to an aromatic ring is 1. The molecule has 5 rings (SSSR count). The Morgan fingerprint density at radius 3 is 2.85 bits per heavy atom. The van der Waals surface area contributed by atoms with Crippen molar-refractivity contribution in [2.45, 2.75) is 30.7 Å². The number of hydrogen-bond donors (Lipinski definition) is 3. The summed E-state index contributed by atoms with van der Waals surface area (Å²) in [5.41, 5.74) is 5.52. The van der Waals surface area contributed by atoms with E-state index in [-0.39, 0.29) is 16.7 Å². The quantitative estimate of drug-likeness (QED) is 0.124. The van der Waals surface area contributed by atoms with E-state index in [0.29, 0.717) is 17.9 Å². The fourth-order valence-electron chi connectivity index (χ4n) is 4.82. The Bertz CT molecular complexity index is 1160. The number of hydrogen-bond acceptors (Lipinski definition) is 12. The topological polar surface area (TPSA) is 180 Å². The number of aromatic nitrogens is 2. The molecule has 1 fully saturated rings. The number of nitrogens with two attached hydrogens (primary N) is 1. The molecule has 2 amide bonds. The molecule has 15 heteroatoms. The Hall–Kier alpha value is -3.20. The number of anilines is 1. The number of aliphatic carboxylic acids is 1. The minimum atomic E-state index is -1.41. The summed E-state index contributed by atoms with van der Waals surface area (Å²) in [7, 11) is 0. The number of carbonyl (C=O) groups excluding carboxylic acids is 3. The number of nitrogens with one attached hydrogen (secondary N) is 1. The van der Waals surface area contributed by atoms with Crippen molar-refractivity contribution in [3.63, 3.8) is 0 Å². The van der Waals surface area contributed by atoms with Crippen LogP contribution in [0.15, 0.2) is 16.4 Å². The van der Waals surface area contributed by atoms with Crippen molar-refractivity contribution in [1.82, 2.24) is 24.5 Å². The summed E-state index contributed by atoms with van der Waals surface area (Å²) in [5.74, 6) is -1.40. The first-order valence-corrected chi connectivity index (χ1v) is 12.6. The zero-order valence-corrected chi connectivity index (χ0v) is 19.6. The summed E-state index contributed by atoms with van der Waals surface area (Å²) in [6.45, 7) is 3.30. The van der Waals surface area contributed by atoms with Crippen LogP contribution in [-0.4, -0.2) is 102 Å². The lowest BCUT2D eigenvalue weighted by Crippen LogP contribution is -2.71. The van der Waals surface area contributed by atoms with Crippen LogP contribution in [0.3, 0.4) is 0 Å². The number of rotatable bonds is 6. The van der Waals surface area contributed by atoms with Crippen LogP contribution in [0.2, 0.25) is 0 Å². The van der Waals surface area contributed by atoms with Crippen molar-refractivity contribution in [3.8, 4) is 0 Å². The van der Waals surface area contributed by atoms with Crippen molar-refractivity contribution in [3.05, 3.63) is 17.1 Å². The zero-order valence-electron chi connectivity index (χ0n) is 18.0. The van der Waals surface area contributed by atoms with Gasteiger partial charge in [0.05, 0.1) is 37.7 Å². The minimum absolute atomic E-state index is 0.0848. The van der Waals surface area contributed by atoms with Crippen molar-refractivity contribution in [2.24, 2.45) is 5.16 Å². The van der Waals surface area contributed by atoms with Gasteiger partial charge in [-0.3, -0.25) is 24.0 Å². The fourth-order valence-corrected chi connectivity index (χ4v) is 6.59. The van der Waals surface area contributed by atoms with Gasteiger partial charge in [0.15, 0.2) is 5.13 Å². The summed E-state index contributed by atoms with van der Waals surface area (Å²) in [6, 6.07) is -0.990. The van der Waals surface area contributed by atoms with E-state index in [2.05, 4.69) is 29.3 Å². The van der Waals surface area contributed by atoms with Crippen LogP contribution in [0.1, 0.15) is 25.1 Å². The van der Waals surface area contributed by atoms with Gasteiger partial charge in [-0.05, 0) is 6.42 Å². The van der Waals surface area contributed by atoms with Gasteiger partial charge in [0, 0.05) is 29.3 Å². The molecular weight excluding hydrogens is 484 g/mol. The maximum absolute atomic E-state index is 12.9. The smallest absolute Gasteiger partial charge is 0.278 e. The van der Waals surface area contributed by atoms with Gasteiger partial charge in [-0.25, -0.2) is 0 Å². The molecule has 180 valence electrons. The first-order chi connectivity index (χ1) is 16.4. The second-order valence-electron chi connectivity index (χ2n) is 8.29. The molecule has 4 aliphatic heterocycles. The van der Waals surface area contributed by atoms with Crippen molar-refractivity contribution < 1.29 is 29.3 Å². The molecule has 0 bridgehead atoms. The van der Waals surface area contributed by atoms with Crippen LogP contribution < -0.4 is 16.2 Å².